The van der Waals surface area contributed by atoms with Crippen LogP contribution < -0.4 is 0 Å². The van der Waals surface area contributed by atoms with Crippen LogP contribution in [0.25, 0.3) is 0 Å². The Kier molecular flexibility index (Phi) is 5.12. The summed E-state index contributed by atoms with van der Waals surface area (Å²) >= 11 is 0. The Labute approximate surface area is 94.2 Å². The lowest BCUT2D eigenvalue weighted by Gasteiger charge is -2.26. The normalized spacial score (nSPS) is 14.8. The van der Waals surface area contributed by atoms with E-state index in [-0.39, 0.29) is 10.9 Å². The van der Waals surface area contributed by atoms with Gasteiger partial charge in [0.25, 0.3) is 0 Å². The standard InChI is InChI=1S/C11H23NO2P/c1-7-11(2,3)9-15(14)10(13)8-12(4,5)6/h7,14H,1,8-9H2,2-6H3/q+1. The van der Waals surface area contributed by atoms with Crippen LogP contribution in [-0.4, -0.2) is 48.8 Å². The average molecular weight is 232 g/mol. The molecule has 0 amide bonds. The Morgan fingerprint density at radius 1 is 1.47 bits per heavy atom. The summed E-state index contributed by atoms with van der Waals surface area (Å²) in [5, 5.41) is 0. The smallest absolute Gasteiger partial charge is 0.234 e. The van der Waals surface area contributed by atoms with Gasteiger partial charge in [0, 0.05) is 6.16 Å². The third-order valence-electron chi connectivity index (χ3n) is 2.01. The van der Waals surface area contributed by atoms with Crippen LogP contribution in [0.3, 0.4) is 0 Å². The molecule has 0 radical (unpaired) electrons. The molecule has 1 N–H and O–H groups in total. The first-order valence-corrected chi connectivity index (χ1v) is 6.49. The molecule has 0 aromatic heterocycles. The van der Waals surface area contributed by atoms with Crippen LogP contribution in [0, 0.1) is 5.41 Å². The van der Waals surface area contributed by atoms with E-state index >= 15 is 0 Å². The summed E-state index contributed by atoms with van der Waals surface area (Å²) in [5.41, 5.74) is -0.200. The molecule has 88 valence electrons. The third-order valence-corrected chi connectivity index (χ3v) is 3.84. The molecule has 15 heavy (non-hydrogen) atoms. The molecule has 0 aromatic carbocycles. The zero-order valence-electron chi connectivity index (χ0n) is 10.4. The summed E-state index contributed by atoms with van der Waals surface area (Å²) in [4.78, 5) is 21.5. The third kappa shape index (κ3) is 6.77. The van der Waals surface area contributed by atoms with Gasteiger partial charge < -0.3 is 9.38 Å². The zero-order chi connectivity index (χ0) is 12.3. The Morgan fingerprint density at radius 3 is 2.27 bits per heavy atom. The Balaban J connectivity index is 4.29. The van der Waals surface area contributed by atoms with Gasteiger partial charge in [-0.2, -0.15) is 0 Å². The van der Waals surface area contributed by atoms with Crippen LogP contribution in [0.1, 0.15) is 13.8 Å². The number of rotatable bonds is 6. The molecular weight excluding hydrogens is 209 g/mol. The van der Waals surface area contributed by atoms with E-state index in [9.17, 15) is 9.69 Å². The van der Waals surface area contributed by atoms with Gasteiger partial charge in [-0.3, -0.25) is 4.79 Å². The average Bonchev–Trinajstić information content (AvgIpc) is 2.00. The molecule has 0 aliphatic rings. The Morgan fingerprint density at radius 2 is 1.93 bits per heavy atom. The lowest BCUT2D eigenvalue weighted by Crippen LogP contribution is -2.39. The molecule has 1 atom stereocenters. The largest absolute Gasteiger partial charge is 0.366 e. The van der Waals surface area contributed by atoms with E-state index in [1.165, 1.54) is 0 Å². The van der Waals surface area contributed by atoms with Crippen molar-refractivity contribution in [2.24, 2.45) is 5.41 Å². The number of hydrogen-bond acceptors (Lipinski definition) is 2. The molecule has 0 aliphatic heterocycles. The van der Waals surface area contributed by atoms with Gasteiger partial charge in [-0.25, -0.2) is 0 Å². The van der Waals surface area contributed by atoms with E-state index in [4.69, 9.17) is 0 Å². The van der Waals surface area contributed by atoms with Crippen molar-refractivity contribution in [3.63, 3.8) is 0 Å². The lowest BCUT2D eigenvalue weighted by molar-refractivity contribution is -0.861. The van der Waals surface area contributed by atoms with Crippen LogP contribution >= 0.6 is 8.15 Å². The molecule has 3 nitrogen and oxygen atoms in total. The fraction of sp³-hybridized carbons (Fsp3) is 0.727. The van der Waals surface area contributed by atoms with Crippen LogP contribution in [0.4, 0.5) is 0 Å². The first kappa shape index (κ1) is 14.8. The van der Waals surface area contributed by atoms with E-state index in [1.807, 2.05) is 35.0 Å². The van der Waals surface area contributed by atoms with Crippen LogP contribution in [0.15, 0.2) is 12.7 Å². The Bertz CT molecular complexity index is 243. The van der Waals surface area contributed by atoms with Crippen LogP contribution in [0.5, 0.6) is 0 Å². The molecule has 0 saturated heterocycles. The topological polar surface area (TPSA) is 37.3 Å². The van der Waals surface area contributed by atoms with E-state index in [1.54, 1.807) is 6.08 Å². The summed E-state index contributed by atoms with van der Waals surface area (Å²) in [5.74, 6) is 0. The second kappa shape index (κ2) is 5.20. The number of carbonyl (C=O) groups is 1. The predicted octanol–water partition coefficient (Wildman–Crippen LogP) is 1.82. The van der Waals surface area contributed by atoms with Gasteiger partial charge in [-0.05, 0) is 5.41 Å². The van der Waals surface area contributed by atoms with E-state index in [0.29, 0.717) is 17.2 Å². The molecule has 0 rings (SSSR count). The molecule has 4 heteroatoms. The van der Waals surface area contributed by atoms with Gasteiger partial charge in [-0.15, -0.1) is 6.58 Å². The number of hydrogen-bond donors (Lipinski definition) is 1. The number of nitrogens with zero attached hydrogens (tertiary/aromatic N) is 1. The lowest BCUT2D eigenvalue weighted by atomic mass is 9.97. The summed E-state index contributed by atoms with van der Waals surface area (Å²) in [6.07, 6.45) is 2.29. The zero-order valence-corrected chi connectivity index (χ0v) is 11.3. The van der Waals surface area contributed by atoms with E-state index in [0.717, 1.165) is 0 Å². The van der Waals surface area contributed by atoms with E-state index in [2.05, 4.69) is 6.58 Å². The second-order valence-electron chi connectivity index (χ2n) is 5.59. The minimum absolute atomic E-state index is 0.0348. The molecule has 1 unspecified atom stereocenters. The molecule has 0 aliphatic carbocycles. The molecule has 0 bridgehead atoms. The van der Waals surface area contributed by atoms with Gasteiger partial charge in [0.2, 0.25) is 5.52 Å². The molecular formula is C11H23NO2P+. The van der Waals surface area contributed by atoms with Crippen molar-refractivity contribution in [3.8, 4) is 0 Å². The highest BCUT2D eigenvalue weighted by atomic mass is 31.1. The fourth-order valence-electron chi connectivity index (χ4n) is 1.03. The van der Waals surface area contributed by atoms with Crippen molar-refractivity contribution < 1.29 is 14.2 Å². The van der Waals surface area contributed by atoms with Crippen molar-refractivity contribution in [1.82, 2.24) is 0 Å². The fourth-order valence-corrected chi connectivity index (χ4v) is 2.69. The van der Waals surface area contributed by atoms with Crippen molar-refractivity contribution in [3.05, 3.63) is 12.7 Å². The van der Waals surface area contributed by atoms with Crippen molar-refractivity contribution in [2.75, 3.05) is 33.8 Å². The quantitative estimate of drug-likeness (QED) is 0.431. The second-order valence-corrected chi connectivity index (χ2v) is 7.21. The highest BCUT2D eigenvalue weighted by molar-refractivity contribution is 7.69. The van der Waals surface area contributed by atoms with Gasteiger partial charge in [0.1, 0.15) is 14.7 Å². The van der Waals surface area contributed by atoms with Gasteiger partial charge in [0.15, 0.2) is 0 Å². The summed E-state index contributed by atoms with van der Waals surface area (Å²) in [7, 11) is 4.31. The minimum atomic E-state index is -1.53. The molecule has 0 heterocycles. The minimum Gasteiger partial charge on any atom is -0.366 e. The first-order chi connectivity index (χ1) is 6.57. The van der Waals surface area contributed by atoms with Gasteiger partial charge >= 0.3 is 0 Å². The molecule has 0 saturated carbocycles. The van der Waals surface area contributed by atoms with Crippen LogP contribution in [-0.2, 0) is 4.79 Å². The van der Waals surface area contributed by atoms with Crippen molar-refractivity contribution in [2.45, 2.75) is 13.8 Å². The van der Waals surface area contributed by atoms with Crippen molar-refractivity contribution >= 4 is 13.7 Å². The highest BCUT2D eigenvalue weighted by Crippen LogP contribution is 2.39. The number of quaternary nitrogens is 1. The Hall–Kier alpha value is -0.240. The molecule has 0 fully saturated rings. The monoisotopic (exact) mass is 232 g/mol. The van der Waals surface area contributed by atoms with Crippen molar-refractivity contribution in [1.29, 1.82) is 0 Å². The molecule has 0 aromatic rings. The summed E-state index contributed by atoms with van der Waals surface area (Å²) < 4.78 is 0.562. The number of carbonyl (C=O) groups excluding carboxylic acids is 1. The first-order valence-electron chi connectivity index (χ1n) is 5.01. The maximum atomic E-state index is 11.7. The summed E-state index contributed by atoms with van der Waals surface area (Å²) in [6, 6.07) is 0. The molecule has 0 spiro atoms. The predicted molar refractivity (Wildman–Crippen MR) is 65.9 cm³/mol. The SMILES string of the molecule is C=CC(C)(C)CP(O)C(=O)C[N+](C)(C)C. The maximum Gasteiger partial charge on any atom is 0.234 e. The highest BCUT2D eigenvalue weighted by Gasteiger charge is 2.27. The van der Waals surface area contributed by atoms with Gasteiger partial charge in [-0.1, -0.05) is 19.9 Å². The van der Waals surface area contributed by atoms with E-state index < -0.39 is 8.15 Å². The van der Waals surface area contributed by atoms with Crippen LogP contribution in [0.2, 0.25) is 0 Å². The van der Waals surface area contributed by atoms with Gasteiger partial charge in [0.05, 0.1) is 21.1 Å². The number of allylic oxidation sites excluding steroid dienone is 1. The number of likely N-dealkylation sites (N-methyl/N-ethyl adjacent to an activating group) is 1. The summed E-state index contributed by atoms with van der Waals surface area (Å²) in [6.45, 7) is 8.04. The maximum absolute atomic E-state index is 11.7.